The van der Waals surface area contributed by atoms with E-state index in [1.54, 1.807) is 23.3 Å². The van der Waals surface area contributed by atoms with Crippen LogP contribution in [0.25, 0.3) is 0 Å². The van der Waals surface area contributed by atoms with Crippen LogP contribution in [-0.4, -0.2) is 58.9 Å². The highest BCUT2D eigenvalue weighted by Crippen LogP contribution is 2.38. The molecule has 0 saturated carbocycles. The third-order valence-electron chi connectivity index (χ3n) is 6.08. The van der Waals surface area contributed by atoms with Gasteiger partial charge in [-0.15, -0.1) is 0 Å². The maximum Gasteiger partial charge on any atom is 0.327 e. The number of nitrogens with zero attached hydrogens (tertiary/aromatic N) is 3. The summed E-state index contributed by atoms with van der Waals surface area (Å²) in [5, 5.41) is 4.26. The Morgan fingerprint density at radius 1 is 1.10 bits per heavy atom. The van der Waals surface area contributed by atoms with E-state index in [1.807, 2.05) is 31.2 Å². The molecule has 0 unspecified atom stereocenters. The molecule has 2 aromatic rings. The van der Waals surface area contributed by atoms with E-state index < -0.39 is 5.54 Å². The number of rotatable bonds is 6. The normalized spacial score (nSPS) is 19.4. The van der Waals surface area contributed by atoms with Crippen LogP contribution in [0, 0.1) is 0 Å². The number of hydrogen-bond acceptors (Lipinski definition) is 5. The fraction of sp³-hybridized carbons (Fsp3) is 0.455. The Kier molecular flexibility index (Phi) is 5.61. The minimum Gasteiger partial charge on any atom is -0.497 e. The van der Waals surface area contributed by atoms with Crippen LogP contribution in [0.2, 0.25) is 0 Å². The molecule has 1 aromatic heterocycles. The number of amides is 3. The highest BCUT2D eigenvalue weighted by atomic mass is 32.1. The van der Waals surface area contributed by atoms with Crippen LogP contribution in [0.15, 0.2) is 41.1 Å². The van der Waals surface area contributed by atoms with Crippen LogP contribution in [0.1, 0.15) is 30.9 Å². The smallest absolute Gasteiger partial charge is 0.327 e. The zero-order valence-corrected chi connectivity index (χ0v) is 17.8. The summed E-state index contributed by atoms with van der Waals surface area (Å²) in [6.45, 7) is 5.33. The van der Waals surface area contributed by atoms with Crippen LogP contribution in [-0.2, 0) is 17.9 Å². The van der Waals surface area contributed by atoms with Gasteiger partial charge in [-0.25, -0.2) is 4.79 Å². The van der Waals surface area contributed by atoms with Gasteiger partial charge in [0.1, 0.15) is 11.3 Å². The van der Waals surface area contributed by atoms with Crippen molar-refractivity contribution < 1.29 is 14.3 Å². The van der Waals surface area contributed by atoms with E-state index in [2.05, 4.69) is 21.7 Å². The molecule has 2 fully saturated rings. The quantitative estimate of drug-likeness (QED) is 0.680. The number of imide groups is 1. The number of piperidine rings is 1. The van der Waals surface area contributed by atoms with E-state index in [-0.39, 0.29) is 18.5 Å². The number of methoxy groups -OCH3 is 1. The Bertz CT molecular complexity index is 875. The molecule has 2 aliphatic heterocycles. The minimum absolute atomic E-state index is 0.0534. The number of benzene rings is 1. The minimum atomic E-state index is -0.699. The number of urea groups is 1. The van der Waals surface area contributed by atoms with Crippen molar-refractivity contribution in [1.29, 1.82) is 0 Å². The Hall–Kier alpha value is -2.38. The van der Waals surface area contributed by atoms with E-state index in [0.717, 1.165) is 30.9 Å². The van der Waals surface area contributed by atoms with Crippen LogP contribution in [0.4, 0.5) is 4.79 Å². The number of carbonyl (C=O) groups is 2. The van der Waals surface area contributed by atoms with Gasteiger partial charge in [-0.3, -0.25) is 14.6 Å². The van der Waals surface area contributed by atoms with Gasteiger partial charge in [0.05, 0.1) is 13.7 Å². The molecule has 0 atom stereocenters. The highest BCUT2D eigenvalue weighted by molar-refractivity contribution is 7.07. The third-order valence-corrected chi connectivity index (χ3v) is 6.81. The molecule has 3 amide bonds. The summed E-state index contributed by atoms with van der Waals surface area (Å²) in [4.78, 5) is 32.2. The van der Waals surface area contributed by atoms with Crippen molar-refractivity contribution >= 4 is 23.3 Å². The van der Waals surface area contributed by atoms with Crippen molar-refractivity contribution in [2.75, 3.05) is 26.7 Å². The van der Waals surface area contributed by atoms with Crippen LogP contribution >= 0.6 is 11.3 Å². The summed E-state index contributed by atoms with van der Waals surface area (Å²) in [5.74, 6) is 0.674. The molecular formula is C22H27N3O3S. The number of carbonyl (C=O) groups excluding carboxylic acids is 2. The molecule has 2 aliphatic rings. The first-order valence-corrected chi connectivity index (χ1v) is 11.0. The lowest BCUT2D eigenvalue weighted by Crippen LogP contribution is -2.56. The molecule has 6 nitrogen and oxygen atoms in total. The van der Waals surface area contributed by atoms with Gasteiger partial charge in [0.15, 0.2) is 0 Å². The van der Waals surface area contributed by atoms with Gasteiger partial charge in [-0.05, 0) is 59.9 Å². The Labute approximate surface area is 175 Å². The molecule has 1 aromatic carbocycles. The first kappa shape index (κ1) is 19.9. The van der Waals surface area contributed by atoms with Crippen molar-refractivity contribution in [2.24, 2.45) is 0 Å². The van der Waals surface area contributed by atoms with Gasteiger partial charge >= 0.3 is 6.03 Å². The molecule has 4 rings (SSSR count). The fourth-order valence-corrected chi connectivity index (χ4v) is 5.18. The molecule has 0 N–H and O–H groups in total. The Morgan fingerprint density at radius 2 is 1.90 bits per heavy atom. The number of thiophene rings is 1. The van der Waals surface area contributed by atoms with Gasteiger partial charge in [-0.2, -0.15) is 11.3 Å². The molecule has 1 spiro atoms. The average Bonchev–Trinajstić information content (AvgIpc) is 3.32. The molecule has 0 aliphatic carbocycles. The molecule has 29 heavy (non-hydrogen) atoms. The predicted molar refractivity (Wildman–Crippen MR) is 113 cm³/mol. The van der Waals surface area contributed by atoms with E-state index in [4.69, 9.17) is 4.74 Å². The lowest BCUT2D eigenvalue weighted by atomic mass is 9.85. The zero-order valence-electron chi connectivity index (χ0n) is 17.0. The number of hydrogen-bond donors (Lipinski definition) is 0. The molecule has 154 valence electrons. The van der Waals surface area contributed by atoms with Crippen LogP contribution in [0.3, 0.4) is 0 Å². The van der Waals surface area contributed by atoms with Crippen LogP contribution < -0.4 is 4.74 Å². The molecule has 0 radical (unpaired) electrons. The molecule has 2 saturated heterocycles. The molecule has 0 bridgehead atoms. The van der Waals surface area contributed by atoms with Crippen molar-refractivity contribution in [1.82, 2.24) is 14.7 Å². The Balaban J connectivity index is 1.50. The first-order valence-electron chi connectivity index (χ1n) is 10.1. The standard InChI is InChI=1S/C22H27N3O3S/c1-3-25-21(27)24(15-17-5-4-6-19(13-17)28-2)20(26)22(25)8-10-23(11-9-22)14-18-7-12-29-16-18/h4-7,12-13,16H,3,8-11,14-15H2,1-2H3. The van der Waals surface area contributed by atoms with Crippen LogP contribution in [0.5, 0.6) is 5.75 Å². The van der Waals surface area contributed by atoms with E-state index in [9.17, 15) is 9.59 Å². The number of likely N-dealkylation sites (N-methyl/N-ethyl adjacent to an activating group) is 1. The summed E-state index contributed by atoms with van der Waals surface area (Å²) in [6, 6.07) is 9.52. The maximum absolute atomic E-state index is 13.5. The van der Waals surface area contributed by atoms with Crippen molar-refractivity contribution in [3.05, 3.63) is 52.2 Å². The summed E-state index contributed by atoms with van der Waals surface area (Å²) >= 11 is 1.71. The van der Waals surface area contributed by atoms with Gasteiger partial charge in [0.2, 0.25) is 0 Å². The molecule has 3 heterocycles. The second kappa shape index (κ2) is 8.16. The van der Waals surface area contributed by atoms with Crippen molar-refractivity contribution in [2.45, 2.75) is 38.4 Å². The summed E-state index contributed by atoms with van der Waals surface area (Å²) in [5.41, 5.74) is 1.51. The topological polar surface area (TPSA) is 53.1 Å². The van der Waals surface area contributed by atoms with E-state index in [0.29, 0.717) is 19.4 Å². The number of ether oxygens (including phenoxy) is 1. The zero-order chi connectivity index (χ0) is 20.4. The second-order valence-electron chi connectivity index (χ2n) is 7.71. The van der Waals surface area contributed by atoms with Crippen molar-refractivity contribution in [3.63, 3.8) is 0 Å². The third kappa shape index (κ3) is 3.65. The number of likely N-dealkylation sites (tertiary alicyclic amines) is 1. The lowest BCUT2D eigenvalue weighted by Gasteiger charge is -2.41. The summed E-state index contributed by atoms with van der Waals surface area (Å²) in [7, 11) is 1.61. The van der Waals surface area contributed by atoms with Crippen molar-refractivity contribution in [3.8, 4) is 5.75 Å². The SMILES string of the molecule is CCN1C(=O)N(Cc2cccc(OC)c2)C(=O)C12CCN(Cc1ccsc1)CC2. The van der Waals surface area contributed by atoms with Gasteiger partial charge < -0.3 is 9.64 Å². The van der Waals surface area contributed by atoms with Gasteiger partial charge in [0, 0.05) is 26.2 Å². The highest BCUT2D eigenvalue weighted by Gasteiger charge is 2.57. The summed E-state index contributed by atoms with van der Waals surface area (Å²) in [6.07, 6.45) is 1.37. The maximum atomic E-state index is 13.5. The van der Waals surface area contributed by atoms with E-state index >= 15 is 0 Å². The fourth-order valence-electron chi connectivity index (χ4n) is 4.52. The largest absolute Gasteiger partial charge is 0.497 e. The first-order chi connectivity index (χ1) is 14.1. The Morgan fingerprint density at radius 3 is 2.55 bits per heavy atom. The average molecular weight is 414 g/mol. The van der Waals surface area contributed by atoms with Gasteiger partial charge in [-0.1, -0.05) is 12.1 Å². The monoisotopic (exact) mass is 413 g/mol. The van der Waals surface area contributed by atoms with Gasteiger partial charge in [0.25, 0.3) is 5.91 Å². The predicted octanol–water partition coefficient (Wildman–Crippen LogP) is 3.58. The molecular weight excluding hydrogens is 386 g/mol. The summed E-state index contributed by atoms with van der Waals surface area (Å²) < 4.78 is 5.28. The molecule has 7 heteroatoms. The lowest BCUT2D eigenvalue weighted by molar-refractivity contribution is -0.136. The second-order valence-corrected chi connectivity index (χ2v) is 8.49. The van der Waals surface area contributed by atoms with E-state index in [1.165, 1.54) is 10.5 Å².